The number of hydrogen-bond donors (Lipinski definition) is 0. The third-order valence-corrected chi connectivity index (χ3v) is 8.75. The lowest BCUT2D eigenvalue weighted by atomic mass is 10.2. The molecule has 138 valence electrons. The highest BCUT2D eigenvalue weighted by Gasteiger charge is 2.30. The van der Waals surface area contributed by atoms with Crippen molar-refractivity contribution in [2.24, 2.45) is 0 Å². The predicted octanol–water partition coefficient (Wildman–Crippen LogP) is 4.12. The van der Waals surface area contributed by atoms with Gasteiger partial charge in [-0.25, -0.2) is 0 Å². The Morgan fingerprint density at radius 1 is 0.741 bits per heavy atom. The van der Waals surface area contributed by atoms with Gasteiger partial charge < -0.3 is 4.74 Å². The van der Waals surface area contributed by atoms with Gasteiger partial charge in [-0.2, -0.15) is 0 Å². The van der Waals surface area contributed by atoms with E-state index < -0.39 is 12.5 Å². The van der Waals surface area contributed by atoms with Crippen LogP contribution in [0.5, 0.6) is 0 Å². The molecular formula is C24H25O2P. The SMILES string of the molecule is CC(=O)OC(C)(C)C=P(c1ccccc1)(c1ccccc1)c1ccccc1. The highest BCUT2D eigenvalue weighted by Crippen LogP contribution is 2.45. The van der Waals surface area contributed by atoms with Crippen molar-refractivity contribution < 1.29 is 9.53 Å². The zero-order valence-electron chi connectivity index (χ0n) is 16.0. The topological polar surface area (TPSA) is 26.3 Å². The minimum Gasteiger partial charge on any atom is -0.456 e. The Kier molecular flexibility index (Phi) is 5.68. The van der Waals surface area contributed by atoms with Crippen LogP contribution < -0.4 is 15.9 Å². The van der Waals surface area contributed by atoms with Crippen LogP contribution in [0.25, 0.3) is 0 Å². The zero-order valence-corrected chi connectivity index (χ0v) is 16.9. The van der Waals surface area contributed by atoms with E-state index in [1.807, 2.05) is 32.0 Å². The summed E-state index contributed by atoms with van der Waals surface area (Å²) in [6, 6.07) is 31.6. The summed E-state index contributed by atoms with van der Waals surface area (Å²) in [7, 11) is 0. The van der Waals surface area contributed by atoms with Crippen LogP contribution in [-0.4, -0.2) is 17.4 Å². The molecule has 0 saturated heterocycles. The molecule has 0 heterocycles. The van der Waals surface area contributed by atoms with E-state index in [4.69, 9.17) is 4.74 Å². The van der Waals surface area contributed by atoms with Gasteiger partial charge in [0.1, 0.15) is 5.60 Å². The van der Waals surface area contributed by atoms with E-state index in [0.717, 1.165) is 0 Å². The second-order valence-electron chi connectivity index (χ2n) is 7.06. The lowest BCUT2D eigenvalue weighted by Gasteiger charge is -2.33. The Morgan fingerprint density at radius 3 is 1.37 bits per heavy atom. The number of hydrogen-bond acceptors (Lipinski definition) is 2. The van der Waals surface area contributed by atoms with E-state index >= 15 is 0 Å². The van der Waals surface area contributed by atoms with Gasteiger partial charge in [-0.15, -0.1) is 0 Å². The second kappa shape index (κ2) is 7.98. The summed E-state index contributed by atoms with van der Waals surface area (Å²) < 4.78 is 5.69. The fourth-order valence-corrected chi connectivity index (χ4v) is 7.78. The average Bonchev–Trinajstić information content (AvgIpc) is 2.67. The maximum atomic E-state index is 11.7. The van der Waals surface area contributed by atoms with Crippen molar-refractivity contribution in [3.8, 4) is 0 Å². The third kappa shape index (κ3) is 4.23. The van der Waals surface area contributed by atoms with Crippen LogP contribution in [0, 0.1) is 0 Å². The molecule has 3 aromatic rings. The van der Waals surface area contributed by atoms with Crippen LogP contribution in [0.15, 0.2) is 91.0 Å². The van der Waals surface area contributed by atoms with Gasteiger partial charge in [-0.05, 0) is 42.4 Å². The fourth-order valence-electron chi connectivity index (χ4n) is 3.52. The molecule has 2 nitrogen and oxygen atoms in total. The van der Waals surface area contributed by atoms with Crippen molar-refractivity contribution in [1.82, 2.24) is 0 Å². The smallest absolute Gasteiger partial charge is 0.303 e. The first-order valence-corrected chi connectivity index (χ1v) is 10.9. The molecule has 3 rings (SSSR count). The highest BCUT2D eigenvalue weighted by atomic mass is 31.2. The summed E-state index contributed by atoms with van der Waals surface area (Å²) in [6.45, 7) is 3.24. The van der Waals surface area contributed by atoms with Crippen molar-refractivity contribution in [3.63, 3.8) is 0 Å². The summed E-state index contributed by atoms with van der Waals surface area (Å²) in [4.78, 5) is 11.7. The Hall–Kier alpha value is -2.57. The maximum Gasteiger partial charge on any atom is 0.303 e. The van der Waals surface area contributed by atoms with Crippen molar-refractivity contribution in [3.05, 3.63) is 91.0 Å². The van der Waals surface area contributed by atoms with E-state index in [2.05, 4.69) is 78.6 Å². The normalized spacial score (nSPS) is 11.7. The molecule has 0 fully saturated rings. The third-order valence-electron chi connectivity index (χ3n) is 4.40. The van der Waals surface area contributed by atoms with Crippen molar-refractivity contribution in [1.29, 1.82) is 0 Å². The summed E-state index contributed by atoms with van der Waals surface area (Å²) >= 11 is 0. The number of esters is 1. The number of benzene rings is 3. The lowest BCUT2D eigenvalue weighted by molar-refractivity contribution is -0.147. The molecule has 3 heteroatoms. The first-order chi connectivity index (χ1) is 12.9. The Morgan fingerprint density at radius 2 is 1.07 bits per heavy atom. The molecule has 0 atom stereocenters. The van der Waals surface area contributed by atoms with E-state index in [1.165, 1.54) is 22.8 Å². The molecule has 3 aromatic carbocycles. The van der Waals surface area contributed by atoms with Crippen LogP contribution >= 0.6 is 6.89 Å². The Balaban J connectivity index is 2.42. The van der Waals surface area contributed by atoms with Gasteiger partial charge in [-0.1, -0.05) is 91.0 Å². The van der Waals surface area contributed by atoms with Crippen LogP contribution in [0.3, 0.4) is 0 Å². The zero-order chi connectivity index (χ0) is 19.3. The summed E-state index contributed by atoms with van der Waals surface area (Å²) in [5.41, 5.74) is -0.707. The molecule has 0 aliphatic heterocycles. The molecule has 0 aliphatic rings. The van der Waals surface area contributed by atoms with Crippen LogP contribution in [0.1, 0.15) is 20.8 Å². The van der Waals surface area contributed by atoms with Gasteiger partial charge >= 0.3 is 5.97 Å². The van der Waals surface area contributed by atoms with Crippen LogP contribution in [-0.2, 0) is 9.53 Å². The number of carbonyl (C=O) groups excluding carboxylic acids is 1. The standard InChI is InChI=1S/C24H25O2P/c1-20(25)26-24(2,3)19-27(21-13-7-4-8-14-21,22-15-9-5-10-16-22)23-17-11-6-12-18-23/h4-19H,1-3H3. The first kappa shape index (κ1) is 19.2. The molecule has 27 heavy (non-hydrogen) atoms. The second-order valence-corrected chi connectivity index (χ2v) is 10.3. The van der Waals surface area contributed by atoms with Gasteiger partial charge in [0.25, 0.3) is 0 Å². The summed E-state index contributed by atoms with van der Waals surface area (Å²) in [6.07, 6.45) is 0. The summed E-state index contributed by atoms with van der Waals surface area (Å²) in [5.74, 6) is 1.98. The maximum absolute atomic E-state index is 11.7. The summed E-state index contributed by atoms with van der Waals surface area (Å²) in [5, 5.41) is 3.72. The minimum absolute atomic E-state index is 0.275. The molecular weight excluding hydrogens is 351 g/mol. The Bertz CT molecular complexity index is 842. The molecule has 0 saturated carbocycles. The van der Waals surface area contributed by atoms with Crippen LogP contribution in [0.2, 0.25) is 0 Å². The monoisotopic (exact) mass is 376 g/mol. The van der Waals surface area contributed by atoms with Crippen LogP contribution in [0.4, 0.5) is 0 Å². The molecule has 0 bridgehead atoms. The molecule has 0 aromatic heterocycles. The van der Waals surface area contributed by atoms with E-state index in [9.17, 15) is 4.79 Å². The quantitative estimate of drug-likeness (QED) is 0.495. The minimum atomic E-state index is -2.13. The molecule has 0 radical (unpaired) electrons. The Labute approximate surface area is 161 Å². The largest absolute Gasteiger partial charge is 0.456 e. The molecule has 0 aliphatic carbocycles. The number of rotatable bonds is 5. The first-order valence-electron chi connectivity index (χ1n) is 9.06. The molecule has 0 amide bonds. The van der Waals surface area contributed by atoms with E-state index in [-0.39, 0.29) is 5.97 Å². The van der Waals surface area contributed by atoms with Crippen molar-refractivity contribution >= 4 is 34.6 Å². The lowest BCUT2D eigenvalue weighted by Crippen LogP contribution is -2.35. The number of carbonyl (C=O) groups is 1. The highest BCUT2D eigenvalue weighted by molar-refractivity contribution is 7.94. The fraction of sp³-hybridized carbons (Fsp3) is 0.167. The molecule has 0 unspecified atom stereocenters. The number of ether oxygens (including phenoxy) is 1. The average molecular weight is 376 g/mol. The van der Waals surface area contributed by atoms with E-state index in [1.54, 1.807) is 0 Å². The predicted molar refractivity (Wildman–Crippen MR) is 117 cm³/mol. The van der Waals surface area contributed by atoms with Gasteiger partial charge in [0.05, 0.1) is 0 Å². The van der Waals surface area contributed by atoms with Crippen molar-refractivity contribution in [2.75, 3.05) is 0 Å². The van der Waals surface area contributed by atoms with E-state index in [0.29, 0.717) is 0 Å². The van der Waals surface area contributed by atoms with Crippen molar-refractivity contribution in [2.45, 2.75) is 26.4 Å². The van der Waals surface area contributed by atoms with Gasteiger partial charge in [0, 0.05) is 6.92 Å². The van der Waals surface area contributed by atoms with Gasteiger partial charge in [0.15, 0.2) is 0 Å². The van der Waals surface area contributed by atoms with Gasteiger partial charge in [-0.3, -0.25) is 4.79 Å². The van der Waals surface area contributed by atoms with Gasteiger partial charge in [0.2, 0.25) is 0 Å². The molecule has 0 spiro atoms. The molecule has 0 N–H and O–H groups in total.